The van der Waals surface area contributed by atoms with Gasteiger partial charge in [0.25, 0.3) is 0 Å². The number of carbonyl (C=O) groups excluding carboxylic acids is 2. The Morgan fingerprint density at radius 2 is 1.70 bits per heavy atom. The second-order valence-corrected chi connectivity index (χ2v) is 5.07. The molecule has 0 atom stereocenters. The molecule has 2 aromatic rings. The van der Waals surface area contributed by atoms with E-state index < -0.39 is 5.97 Å². The molecule has 0 aromatic heterocycles. The zero-order valence-corrected chi connectivity index (χ0v) is 13.4. The number of hydrogen-bond acceptors (Lipinski definition) is 5. The Balaban J connectivity index is 2.04. The lowest BCUT2D eigenvalue weighted by Gasteiger charge is -2.10. The van der Waals surface area contributed by atoms with Gasteiger partial charge in [-0.3, -0.25) is 4.79 Å². The Labute approximate surface area is 138 Å². The summed E-state index contributed by atoms with van der Waals surface area (Å²) in [6.45, 7) is 1.10. The van der Waals surface area contributed by atoms with Crippen LogP contribution < -0.4 is 14.2 Å². The molecule has 0 N–H and O–H groups in total. The quantitative estimate of drug-likeness (QED) is 0.459. The highest BCUT2D eigenvalue weighted by molar-refractivity contribution is 6.30. The predicted molar refractivity (Wildman–Crippen MR) is 85.6 cm³/mol. The molecule has 0 heterocycles. The van der Waals surface area contributed by atoms with Crippen molar-refractivity contribution in [1.82, 2.24) is 0 Å². The van der Waals surface area contributed by atoms with Crippen LogP contribution in [0.2, 0.25) is 5.02 Å². The van der Waals surface area contributed by atoms with Crippen LogP contribution in [0, 0.1) is 0 Å². The van der Waals surface area contributed by atoms with E-state index in [1.165, 1.54) is 20.1 Å². The van der Waals surface area contributed by atoms with E-state index in [2.05, 4.69) is 0 Å². The summed E-state index contributed by atoms with van der Waals surface area (Å²) in [4.78, 5) is 23.5. The van der Waals surface area contributed by atoms with Crippen LogP contribution in [0.5, 0.6) is 17.2 Å². The van der Waals surface area contributed by atoms with E-state index in [1.54, 1.807) is 36.4 Å². The first-order valence-corrected chi connectivity index (χ1v) is 7.15. The first-order chi connectivity index (χ1) is 11.0. The summed E-state index contributed by atoms with van der Waals surface area (Å²) >= 11 is 5.77. The molecule has 0 amide bonds. The molecule has 0 fully saturated rings. The van der Waals surface area contributed by atoms with Gasteiger partial charge in [-0.25, -0.2) is 4.79 Å². The summed E-state index contributed by atoms with van der Waals surface area (Å²) in [5, 5.41) is 0.572. The third-order valence-corrected chi connectivity index (χ3v) is 3.21. The van der Waals surface area contributed by atoms with E-state index in [0.717, 1.165) is 0 Å². The maximum Gasteiger partial charge on any atom is 0.349 e. The van der Waals surface area contributed by atoms with Crippen LogP contribution in [-0.4, -0.2) is 25.5 Å². The molecule has 6 heteroatoms. The van der Waals surface area contributed by atoms with Crippen LogP contribution in [0.4, 0.5) is 0 Å². The first-order valence-electron chi connectivity index (χ1n) is 6.77. The Hall–Kier alpha value is -2.53. The molecule has 0 saturated carbocycles. The van der Waals surface area contributed by atoms with E-state index in [1.807, 2.05) is 0 Å². The van der Waals surface area contributed by atoms with Crippen LogP contribution >= 0.6 is 11.6 Å². The third kappa shape index (κ3) is 4.72. The minimum absolute atomic E-state index is 0.140. The van der Waals surface area contributed by atoms with Gasteiger partial charge in [0.05, 0.1) is 12.7 Å². The van der Waals surface area contributed by atoms with E-state index in [0.29, 0.717) is 22.1 Å². The molecule has 5 nitrogen and oxygen atoms in total. The average molecular weight is 335 g/mol. The summed E-state index contributed by atoms with van der Waals surface area (Å²) in [6, 6.07) is 11.2. The predicted octanol–water partition coefficient (Wildman–Crippen LogP) is 3.54. The van der Waals surface area contributed by atoms with Gasteiger partial charge >= 0.3 is 5.97 Å². The van der Waals surface area contributed by atoms with Gasteiger partial charge in [0, 0.05) is 11.1 Å². The lowest BCUT2D eigenvalue weighted by molar-refractivity contribution is -0.136. The molecule has 0 aliphatic rings. The van der Waals surface area contributed by atoms with Crippen molar-refractivity contribution < 1.29 is 23.8 Å². The van der Waals surface area contributed by atoms with Crippen molar-refractivity contribution in [1.29, 1.82) is 0 Å². The minimum Gasteiger partial charge on any atom is -0.497 e. The van der Waals surface area contributed by atoms with E-state index in [-0.39, 0.29) is 18.1 Å². The van der Waals surface area contributed by atoms with Crippen LogP contribution in [-0.2, 0) is 4.79 Å². The highest BCUT2D eigenvalue weighted by atomic mass is 35.5. The molecule has 0 unspecified atom stereocenters. The molecular formula is C17H15ClO5. The van der Waals surface area contributed by atoms with Crippen molar-refractivity contribution in [3.05, 3.63) is 53.1 Å². The molecule has 2 aromatic carbocycles. The van der Waals surface area contributed by atoms with Gasteiger partial charge in [0.1, 0.15) is 17.2 Å². The van der Waals surface area contributed by atoms with E-state index in [4.69, 9.17) is 25.8 Å². The van der Waals surface area contributed by atoms with Gasteiger partial charge in [0.15, 0.2) is 12.4 Å². The van der Waals surface area contributed by atoms with Crippen molar-refractivity contribution in [2.45, 2.75) is 6.92 Å². The smallest absolute Gasteiger partial charge is 0.349 e. The number of rotatable bonds is 6. The van der Waals surface area contributed by atoms with Gasteiger partial charge in [-0.1, -0.05) is 11.6 Å². The molecule has 0 aliphatic carbocycles. The van der Waals surface area contributed by atoms with Crippen molar-refractivity contribution in [3.63, 3.8) is 0 Å². The third-order valence-electron chi connectivity index (χ3n) is 2.96. The van der Waals surface area contributed by atoms with Gasteiger partial charge in [-0.2, -0.15) is 0 Å². The summed E-state index contributed by atoms with van der Waals surface area (Å²) < 4.78 is 15.6. The second kappa shape index (κ2) is 7.65. The van der Waals surface area contributed by atoms with E-state index in [9.17, 15) is 9.59 Å². The number of hydrogen-bond donors (Lipinski definition) is 0. The lowest BCUT2D eigenvalue weighted by Crippen LogP contribution is -2.18. The maximum absolute atomic E-state index is 11.9. The van der Waals surface area contributed by atoms with Gasteiger partial charge in [0.2, 0.25) is 0 Å². The summed E-state index contributed by atoms with van der Waals surface area (Å²) in [6.07, 6.45) is 0. The van der Waals surface area contributed by atoms with Gasteiger partial charge in [-0.15, -0.1) is 0 Å². The molecule has 0 spiro atoms. The van der Waals surface area contributed by atoms with Gasteiger partial charge < -0.3 is 14.2 Å². The molecule has 2 rings (SSSR count). The fourth-order valence-electron chi connectivity index (χ4n) is 1.83. The molecule has 0 radical (unpaired) electrons. The topological polar surface area (TPSA) is 61.8 Å². The molecule has 0 aliphatic heterocycles. The average Bonchev–Trinajstić information content (AvgIpc) is 2.54. The number of ether oxygens (including phenoxy) is 3. The normalized spacial score (nSPS) is 10.0. The van der Waals surface area contributed by atoms with Crippen LogP contribution in [0.25, 0.3) is 0 Å². The van der Waals surface area contributed by atoms with Crippen LogP contribution in [0.1, 0.15) is 17.3 Å². The number of methoxy groups -OCH3 is 1. The number of esters is 1. The standard InChI is InChI=1S/C17H15ClO5/c1-11(19)15-8-7-14(21-2)9-16(15)23-17(20)10-22-13-5-3-12(18)4-6-13/h3-9H,10H2,1-2H3. The Morgan fingerprint density at radius 3 is 2.30 bits per heavy atom. The maximum atomic E-state index is 11.9. The monoisotopic (exact) mass is 334 g/mol. The summed E-state index contributed by atoms with van der Waals surface area (Å²) in [5.74, 6) is 0.270. The lowest BCUT2D eigenvalue weighted by atomic mass is 10.1. The number of benzene rings is 2. The summed E-state index contributed by atoms with van der Waals surface area (Å²) in [5.41, 5.74) is 0.297. The van der Waals surface area contributed by atoms with Gasteiger partial charge in [-0.05, 0) is 43.3 Å². The highest BCUT2D eigenvalue weighted by Crippen LogP contribution is 2.25. The Kier molecular flexibility index (Phi) is 5.60. The molecule has 23 heavy (non-hydrogen) atoms. The number of carbonyl (C=O) groups is 2. The van der Waals surface area contributed by atoms with Crippen molar-refractivity contribution in [2.75, 3.05) is 13.7 Å². The SMILES string of the molecule is COc1ccc(C(C)=O)c(OC(=O)COc2ccc(Cl)cc2)c1. The second-order valence-electron chi connectivity index (χ2n) is 4.63. The molecular weight excluding hydrogens is 320 g/mol. The minimum atomic E-state index is -0.629. The van der Waals surface area contributed by atoms with Crippen molar-refractivity contribution in [3.8, 4) is 17.2 Å². The van der Waals surface area contributed by atoms with Crippen molar-refractivity contribution in [2.24, 2.45) is 0 Å². The van der Waals surface area contributed by atoms with E-state index >= 15 is 0 Å². The summed E-state index contributed by atoms with van der Waals surface area (Å²) in [7, 11) is 1.48. The zero-order chi connectivity index (χ0) is 16.8. The molecule has 0 saturated heterocycles. The van der Waals surface area contributed by atoms with Crippen molar-refractivity contribution >= 4 is 23.4 Å². The highest BCUT2D eigenvalue weighted by Gasteiger charge is 2.14. The Morgan fingerprint density at radius 1 is 1.04 bits per heavy atom. The largest absolute Gasteiger partial charge is 0.497 e. The fraction of sp³-hybridized carbons (Fsp3) is 0.176. The molecule has 120 valence electrons. The van der Waals surface area contributed by atoms with Crippen LogP contribution in [0.3, 0.4) is 0 Å². The number of halogens is 1. The van der Waals surface area contributed by atoms with Crippen LogP contribution in [0.15, 0.2) is 42.5 Å². The zero-order valence-electron chi connectivity index (χ0n) is 12.7. The number of Topliss-reactive ketones (excluding diaryl/α,β-unsaturated/α-hetero) is 1. The molecule has 0 bridgehead atoms. The Bertz CT molecular complexity index is 709. The number of ketones is 1. The first kappa shape index (κ1) is 16.8. The fourth-order valence-corrected chi connectivity index (χ4v) is 1.96.